The number of aryl methyl sites for hydroxylation is 3. The number of hydrogen-bond acceptors (Lipinski definition) is 6. The van der Waals surface area contributed by atoms with Crippen molar-refractivity contribution in [3.8, 4) is 17.2 Å². The van der Waals surface area contributed by atoms with Crippen LogP contribution in [0.2, 0.25) is 0 Å². The Hall–Kier alpha value is -4.14. The highest BCUT2D eigenvalue weighted by atomic mass is 16.5. The fraction of sp³-hybridized carbons (Fsp3) is 0.308. The summed E-state index contributed by atoms with van der Waals surface area (Å²) in [6, 6.07) is 12.5. The molecular weight excluding hydrogens is 446 g/mol. The molecule has 0 spiro atoms. The van der Waals surface area contributed by atoms with Gasteiger partial charge in [-0.2, -0.15) is 10.2 Å². The first-order valence-electron chi connectivity index (χ1n) is 11.3. The highest BCUT2D eigenvalue weighted by Gasteiger charge is 2.23. The van der Waals surface area contributed by atoms with E-state index in [9.17, 15) is 9.59 Å². The standard InChI is InChI=1S/C26H29N5O4/c1-15-7-10-20(11-8-15)30-17(3)23-16(2)28-31(26(33)24(23)29-30)18(4)25(32)27-14-19-9-12-21(34-5)22(13-19)35-6/h7-13,18H,14H2,1-6H3,(H,27,32)/t18-/m1/s1. The first kappa shape index (κ1) is 24.0. The van der Waals surface area contributed by atoms with Crippen LogP contribution < -0.4 is 20.3 Å². The maximum atomic E-state index is 13.3. The lowest BCUT2D eigenvalue weighted by molar-refractivity contribution is -0.124. The third-order valence-corrected chi connectivity index (χ3v) is 6.09. The first-order chi connectivity index (χ1) is 16.7. The summed E-state index contributed by atoms with van der Waals surface area (Å²) in [5.74, 6) is 0.851. The van der Waals surface area contributed by atoms with Gasteiger partial charge in [-0.05, 0) is 57.5 Å². The van der Waals surface area contributed by atoms with Gasteiger partial charge >= 0.3 is 0 Å². The largest absolute Gasteiger partial charge is 0.493 e. The molecule has 0 fully saturated rings. The summed E-state index contributed by atoms with van der Waals surface area (Å²) in [6.07, 6.45) is 0. The van der Waals surface area contributed by atoms with Gasteiger partial charge in [-0.3, -0.25) is 9.59 Å². The summed E-state index contributed by atoms with van der Waals surface area (Å²) < 4.78 is 13.5. The van der Waals surface area contributed by atoms with Gasteiger partial charge in [0.05, 0.1) is 36.7 Å². The molecule has 0 aliphatic rings. The van der Waals surface area contributed by atoms with Crippen LogP contribution in [0.3, 0.4) is 0 Å². The maximum absolute atomic E-state index is 13.3. The number of amides is 1. The monoisotopic (exact) mass is 475 g/mol. The molecule has 0 aliphatic carbocycles. The summed E-state index contributed by atoms with van der Waals surface area (Å²) in [5.41, 5.74) is 4.16. The second kappa shape index (κ2) is 9.61. The van der Waals surface area contributed by atoms with Crippen LogP contribution in [0.1, 0.15) is 35.5 Å². The summed E-state index contributed by atoms with van der Waals surface area (Å²) in [7, 11) is 3.12. The Morgan fingerprint density at radius 3 is 2.34 bits per heavy atom. The molecule has 0 bridgehead atoms. The van der Waals surface area contributed by atoms with Gasteiger partial charge in [-0.15, -0.1) is 0 Å². The zero-order valence-corrected chi connectivity index (χ0v) is 20.7. The Morgan fingerprint density at radius 2 is 1.69 bits per heavy atom. The molecule has 4 aromatic rings. The molecule has 0 saturated heterocycles. The highest BCUT2D eigenvalue weighted by Crippen LogP contribution is 2.27. The van der Waals surface area contributed by atoms with Crippen LogP contribution in [0, 0.1) is 20.8 Å². The fourth-order valence-corrected chi connectivity index (χ4v) is 4.09. The predicted molar refractivity (Wildman–Crippen MR) is 133 cm³/mol. The van der Waals surface area contributed by atoms with Gasteiger partial charge in [0.25, 0.3) is 5.56 Å². The number of rotatable bonds is 7. The number of nitrogens with one attached hydrogen (secondary N) is 1. The van der Waals surface area contributed by atoms with Crippen molar-refractivity contribution in [2.45, 2.75) is 40.3 Å². The van der Waals surface area contributed by atoms with Gasteiger partial charge < -0.3 is 14.8 Å². The van der Waals surface area contributed by atoms with Crippen molar-refractivity contribution in [2.75, 3.05) is 14.2 Å². The number of aromatic nitrogens is 4. The second-order valence-corrected chi connectivity index (χ2v) is 8.47. The Bertz CT molecular complexity index is 1450. The molecule has 9 nitrogen and oxygen atoms in total. The Labute approximate surface area is 203 Å². The SMILES string of the molecule is COc1ccc(CNC(=O)[C@@H](C)n2nc(C)c3c(C)n(-c4ccc(C)cc4)nc3c2=O)cc1OC. The molecular formula is C26H29N5O4. The number of nitrogens with zero attached hydrogens (tertiary/aromatic N) is 4. The maximum Gasteiger partial charge on any atom is 0.295 e. The minimum absolute atomic E-state index is 0.265. The molecule has 2 aromatic carbocycles. The van der Waals surface area contributed by atoms with Gasteiger partial charge in [0, 0.05) is 6.54 Å². The molecule has 1 N–H and O–H groups in total. The Kier molecular flexibility index (Phi) is 6.59. The van der Waals surface area contributed by atoms with E-state index in [0.29, 0.717) is 22.6 Å². The van der Waals surface area contributed by atoms with Crippen molar-refractivity contribution in [1.82, 2.24) is 24.9 Å². The van der Waals surface area contributed by atoms with Crippen LogP contribution in [0.15, 0.2) is 47.3 Å². The lowest BCUT2D eigenvalue weighted by Gasteiger charge is -2.15. The number of fused-ring (bicyclic) bond motifs is 1. The van der Waals surface area contributed by atoms with E-state index < -0.39 is 11.6 Å². The number of methoxy groups -OCH3 is 2. The molecule has 0 aliphatic heterocycles. The van der Waals surface area contributed by atoms with E-state index in [4.69, 9.17) is 9.47 Å². The summed E-state index contributed by atoms with van der Waals surface area (Å²) in [6.45, 7) is 7.66. The van der Waals surface area contributed by atoms with Crippen LogP contribution in [0.25, 0.3) is 16.6 Å². The molecule has 1 atom stereocenters. The topological polar surface area (TPSA) is 100 Å². The minimum Gasteiger partial charge on any atom is -0.493 e. The average molecular weight is 476 g/mol. The molecule has 0 radical (unpaired) electrons. The Morgan fingerprint density at radius 1 is 1.00 bits per heavy atom. The quantitative estimate of drug-likeness (QED) is 0.440. The molecule has 182 valence electrons. The van der Waals surface area contributed by atoms with Crippen LogP contribution in [-0.2, 0) is 11.3 Å². The second-order valence-electron chi connectivity index (χ2n) is 8.47. The molecule has 0 saturated carbocycles. The number of carbonyl (C=O) groups is 1. The minimum atomic E-state index is -0.824. The zero-order valence-electron chi connectivity index (χ0n) is 20.7. The number of benzene rings is 2. The normalized spacial score (nSPS) is 11.9. The molecule has 1 amide bonds. The van der Waals surface area contributed by atoms with Gasteiger partial charge in [0.2, 0.25) is 5.91 Å². The van der Waals surface area contributed by atoms with Crippen molar-refractivity contribution < 1.29 is 14.3 Å². The van der Waals surface area contributed by atoms with Crippen molar-refractivity contribution in [1.29, 1.82) is 0 Å². The smallest absolute Gasteiger partial charge is 0.295 e. The molecule has 2 aromatic heterocycles. The molecule has 9 heteroatoms. The van der Waals surface area contributed by atoms with Crippen molar-refractivity contribution in [3.05, 3.63) is 75.3 Å². The summed E-state index contributed by atoms with van der Waals surface area (Å²) in [4.78, 5) is 26.2. The zero-order chi connectivity index (χ0) is 25.3. The van der Waals surface area contributed by atoms with E-state index in [0.717, 1.165) is 22.5 Å². The Balaban J connectivity index is 1.61. The van der Waals surface area contributed by atoms with Crippen molar-refractivity contribution in [2.24, 2.45) is 0 Å². The lowest BCUT2D eigenvalue weighted by atomic mass is 10.2. The molecule has 0 unspecified atom stereocenters. The van der Waals surface area contributed by atoms with Crippen LogP contribution >= 0.6 is 0 Å². The van der Waals surface area contributed by atoms with Crippen LogP contribution in [-0.4, -0.2) is 39.7 Å². The van der Waals surface area contributed by atoms with Gasteiger partial charge in [-0.1, -0.05) is 23.8 Å². The molecule has 35 heavy (non-hydrogen) atoms. The third-order valence-electron chi connectivity index (χ3n) is 6.09. The van der Waals surface area contributed by atoms with E-state index >= 15 is 0 Å². The fourth-order valence-electron chi connectivity index (χ4n) is 4.09. The molecule has 4 rings (SSSR count). The van der Waals surface area contributed by atoms with Crippen LogP contribution in [0.4, 0.5) is 0 Å². The van der Waals surface area contributed by atoms with Gasteiger partial charge in [-0.25, -0.2) is 9.36 Å². The summed E-state index contributed by atoms with van der Waals surface area (Å²) >= 11 is 0. The number of carbonyl (C=O) groups excluding carboxylic acids is 1. The van der Waals surface area contributed by atoms with E-state index in [1.165, 1.54) is 4.68 Å². The van der Waals surface area contributed by atoms with Crippen molar-refractivity contribution in [3.63, 3.8) is 0 Å². The van der Waals surface area contributed by atoms with E-state index in [2.05, 4.69) is 15.5 Å². The number of ether oxygens (including phenoxy) is 2. The van der Waals surface area contributed by atoms with E-state index in [1.807, 2.05) is 51.1 Å². The third kappa shape index (κ3) is 4.49. The van der Waals surface area contributed by atoms with Crippen LogP contribution in [0.5, 0.6) is 11.5 Å². The van der Waals surface area contributed by atoms with Gasteiger partial charge in [0.15, 0.2) is 17.0 Å². The lowest BCUT2D eigenvalue weighted by Crippen LogP contribution is -2.37. The van der Waals surface area contributed by atoms with E-state index in [1.54, 1.807) is 38.0 Å². The van der Waals surface area contributed by atoms with Crippen molar-refractivity contribution >= 4 is 16.8 Å². The van der Waals surface area contributed by atoms with E-state index in [-0.39, 0.29) is 18.0 Å². The number of hydrogen-bond donors (Lipinski definition) is 1. The highest BCUT2D eigenvalue weighted by molar-refractivity contribution is 5.84. The average Bonchev–Trinajstić information content (AvgIpc) is 3.22. The first-order valence-corrected chi connectivity index (χ1v) is 11.3. The summed E-state index contributed by atoms with van der Waals surface area (Å²) in [5, 5.41) is 12.6. The molecule has 2 heterocycles. The van der Waals surface area contributed by atoms with Gasteiger partial charge in [0.1, 0.15) is 6.04 Å². The predicted octanol–water partition coefficient (Wildman–Crippen LogP) is 3.40.